The van der Waals surface area contributed by atoms with Crippen molar-refractivity contribution in [3.63, 3.8) is 0 Å². The summed E-state index contributed by atoms with van der Waals surface area (Å²) in [6, 6.07) is 15.6. The minimum Gasteiger partial charge on any atom is -0.211 e. The summed E-state index contributed by atoms with van der Waals surface area (Å²) in [4.78, 5) is 14.1. The predicted molar refractivity (Wildman–Crippen MR) is 64.4 cm³/mol. The molecule has 0 N–H and O–H groups in total. The minimum absolute atomic E-state index is 0.659. The summed E-state index contributed by atoms with van der Waals surface area (Å²) < 4.78 is 0. The van der Waals surface area contributed by atoms with Crippen molar-refractivity contribution < 1.29 is 4.79 Å². The lowest BCUT2D eigenvalue weighted by atomic mass is 9.99. The Balaban J connectivity index is 2.64. The molecule has 0 aliphatic carbocycles. The number of para-hydroxylation sites is 1. The van der Waals surface area contributed by atoms with Crippen LogP contribution in [0.25, 0.3) is 11.1 Å². The van der Waals surface area contributed by atoms with E-state index in [2.05, 4.69) is 4.99 Å². The van der Waals surface area contributed by atoms with E-state index in [1.807, 2.05) is 55.5 Å². The largest absolute Gasteiger partial charge is 0.240 e. The van der Waals surface area contributed by atoms with Gasteiger partial charge in [-0.25, -0.2) is 4.79 Å². The Labute approximate surface area is 94.3 Å². The van der Waals surface area contributed by atoms with Crippen molar-refractivity contribution in [3.05, 3.63) is 54.1 Å². The summed E-state index contributed by atoms with van der Waals surface area (Å²) in [5.41, 5.74) is 3.88. The van der Waals surface area contributed by atoms with Crippen molar-refractivity contribution in [2.45, 2.75) is 6.92 Å². The Morgan fingerprint density at radius 1 is 0.938 bits per heavy atom. The summed E-state index contributed by atoms with van der Waals surface area (Å²) in [6.07, 6.45) is 1.59. The first-order valence-corrected chi connectivity index (χ1v) is 5.06. The number of hydrogen-bond acceptors (Lipinski definition) is 2. The first-order valence-electron chi connectivity index (χ1n) is 5.06. The smallest absolute Gasteiger partial charge is 0.211 e. The van der Waals surface area contributed by atoms with Gasteiger partial charge in [-0.15, -0.1) is 0 Å². The summed E-state index contributed by atoms with van der Waals surface area (Å²) in [7, 11) is 0. The zero-order chi connectivity index (χ0) is 11.4. The lowest BCUT2D eigenvalue weighted by Gasteiger charge is -2.07. The van der Waals surface area contributed by atoms with E-state index < -0.39 is 0 Å². The van der Waals surface area contributed by atoms with Crippen molar-refractivity contribution >= 4 is 11.8 Å². The van der Waals surface area contributed by atoms with Crippen LogP contribution in [0.5, 0.6) is 0 Å². The van der Waals surface area contributed by atoms with E-state index in [0.717, 1.165) is 16.7 Å². The Morgan fingerprint density at radius 2 is 1.56 bits per heavy atom. The molecule has 0 aliphatic heterocycles. The van der Waals surface area contributed by atoms with E-state index >= 15 is 0 Å². The van der Waals surface area contributed by atoms with Crippen LogP contribution in [0.15, 0.2) is 53.5 Å². The summed E-state index contributed by atoms with van der Waals surface area (Å²) >= 11 is 0. The Morgan fingerprint density at radius 3 is 2.25 bits per heavy atom. The van der Waals surface area contributed by atoms with Crippen LogP contribution < -0.4 is 0 Å². The third-order valence-electron chi connectivity index (χ3n) is 2.51. The van der Waals surface area contributed by atoms with Crippen LogP contribution in [0, 0.1) is 6.92 Å². The molecule has 2 nitrogen and oxygen atoms in total. The highest BCUT2D eigenvalue weighted by Crippen LogP contribution is 2.31. The van der Waals surface area contributed by atoms with E-state index in [-0.39, 0.29) is 0 Å². The van der Waals surface area contributed by atoms with E-state index in [9.17, 15) is 4.79 Å². The molecule has 16 heavy (non-hydrogen) atoms. The molecular weight excluding hydrogens is 198 g/mol. The zero-order valence-electron chi connectivity index (χ0n) is 8.97. The molecule has 0 amide bonds. The molecule has 0 bridgehead atoms. The van der Waals surface area contributed by atoms with Gasteiger partial charge in [0.05, 0.1) is 5.69 Å². The second-order valence-electron chi connectivity index (χ2n) is 3.54. The number of benzene rings is 2. The lowest BCUT2D eigenvalue weighted by Crippen LogP contribution is -1.82. The highest BCUT2D eigenvalue weighted by Gasteiger charge is 2.05. The third-order valence-corrected chi connectivity index (χ3v) is 2.51. The van der Waals surface area contributed by atoms with Gasteiger partial charge < -0.3 is 0 Å². The van der Waals surface area contributed by atoms with E-state index in [0.29, 0.717) is 5.69 Å². The molecule has 0 saturated carbocycles. The zero-order valence-corrected chi connectivity index (χ0v) is 8.97. The van der Waals surface area contributed by atoms with Gasteiger partial charge in [0.2, 0.25) is 6.08 Å². The minimum atomic E-state index is 0.659. The molecule has 2 heteroatoms. The third kappa shape index (κ3) is 1.92. The van der Waals surface area contributed by atoms with Crippen LogP contribution in [0.1, 0.15) is 5.56 Å². The van der Waals surface area contributed by atoms with Gasteiger partial charge in [0.25, 0.3) is 0 Å². The molecule has 0 atom stereocenters. The first-order chi connectivity index (χ1) is 7.83. The quantitative estimate of drug-likeness (QED) is 0.548. The maximum Gasteiger partial charge on any atom is 0.240 e. The molecule has 2 aromatic carbocycles. The highest BCUT2D eigenvalue weighted by molar-refractivity contribution is 5.79. The first kappa shape index (κ1) is 10.3. The SMILES string of the molecule is Cc1ccccc1-c1ccccc1N=C=O. The van der Waals surface area contributed by atoms with Crippen molar-refractivity contribution in [1.29, 1.82) is 0 Å². The fourth-order valence-electron chi connectivity index (χ4n) is 1.72. The van der Waals surface area contributed by atoms with Crippen molar-refractivity contribution in [3.8, 4) is 11.1 Å². The maximum absolute atomic E-state index is 10.4. The fourth-order valence-corrected chi connectivity index (χ4v) is 1.72. The summed E-state index contributed by atoms with van der Waals surface area (Å²) in [5.74, 6) is 0. The van der Waals surface area contributed by atoms with Crippen molar-refractivity contribution in [2.75, 3.05) is 0 Å². The molecule has 0 aliphatic rings. The Hall–Kier alpha value is -2.18. The van der Waals surface area contributed by atoms with E-state index in [4.69, 9.17) is 0 Å². The number of nitrogens with zero attached hydrogens (tertiary/aromatic N) is 1. The normalized spacial score (nSPS) is 9.56. The topological polar surface area (TPSA) is 29.4 Å². The lowest BCUT2D eigenvalue weighted by molar-refractivity contribution is 0.565. The summed E-state index contributed by atoms with van der Waals surface area (Å²) in [6.45, 7) is 2.04. The van der Waals surface area contributed by atoms with E-state index in [1.165, 1.54) is 0 Å². The molecule has 0 radical (unpaired) electrons. The standard InChI is InChI=1S/C14H11NO/c1-11-6-2-3-7-12(11)13-8-4-5-9-14(13)15-10-16/h2-9H,1H3. The van der Waals surface area contributed by atoms with Gasteiger partial charge >= 0.3 is 0 Å². The monoisotopic (exact) mass is 209 g/mol. The average Bonchev–Trinajstić information content (AvgIpc) is 2.31. The van der Waals surface area contributed by atoms with Gasteiger partial charge in [-0.1, -0.05) is 42.5 Å². The maximum atomic E-state index is 10.4. The van der Waals surface area contributed by atoms with Crippen LogP contribution in [-0.4, -0.2) is 6.08 Å². The summed E-state index contributed by atoms with van der Waals surface area (Å²) in [5, 5.41) is 0. The van der Waals surface area contributed by atoms with Crippen LogP contribution in [-0.2, 0) is 4.79 Å². The van der Waals surface area contributed by atoms with Gasteiger partial charge in [-0.3, -0.25) is 0 Å². The number of hydrogen-bond donors (Lipinski definition) is 0. The number of rotatable bonds is 2. The molecular formula is C14H11NO. The molecule has 0 spiro atoms. The predicted octanol–water partition coefficient (Wildman–Crippen LogP) is 3.63. The molecule has 2 aromatic rings. The molecule has 0 unspecified atom stereocenters. The second kappa shape index (κ2) is 4.56. The van der Waals surface area contributed by atoms with Crippen LogP contribution >= 0.6 is 0 Å². The molecule has 0 saturated heterocycles. The molecule has 0 heterocycles. The second-order valence-corrected chi connectivity index (χ2v) is 3.54. The van der Waals surface area contributed by atoms with Gasteiger partial charge in [0, 0.05) is 5.56 Å². The Kier molecular flexibility index (Phi) is 2.95. The van der Waals surface area contributed by atoms with Crippen LogP contribution in [0.3, 0.4) is 0 Å². The van der Waals surface area contributed by atoms with Crippen molar-refractivity contribution in [2.24, 2.45) is 4.99 Å². The highest BCUT2D eigenvalue weighted by atomic mass is 16.1. The fraction of sp³-hybridized carbons (Fsp3) is 0.0714. The van der Waals surface area contributed by atoms with E-state index in [1.54, 1.807) is 6.08 Å². The molecule has 2 rings (SSSR count). The van der Waals surface area contributed by atoms with Gasteiger partial charge in [0.15, 0.2) is 0 Å². The molecule has 0 fully saturated rings. The van der Waals surface area contributed by atoms with Crippen molar-refractivity contribution in [1.82, 2.24) is 0 Å². The number of carbonyl (C=O) groups excluding carboxylic acids is 1. The number of aliphatic imine (C=N–C) groups is 1. The molecule has 0 aromatic heterocycles. The average molecular weight is 209 g/mol. The van der Waals surface area contributed by atoms with Gasteiger partial charge in [-0.05, 0) is 24.1 Å². The van der Waals surface area contributed by atoms with Gasteiger partial charge in [-0.2, -0.15) is 4.99 Å². The van der Waals surface area contributed by atoms with Crippen LogP contribution in [0.2, 0.25) is 0 Å². The Bertz CT molecular complexity index is 554. The van der Waals surface area contributed by atoms with Crippen LogP contribution in [0.4, 0.5) is 5.69 Å². The van der Waals surface area contributed by atoms with Gasteiger partial charge in [0.1, 0.15) is 0 Å². The molecule has 78 valence electrons. The number of isocyanates is 1. The number of aryl methyl sites for hydroxylation is 1.